The molecule has 2 aromatic rings. The van der Waals surface area contributed by atoms with Crippen molar-refractivity contribution in [2.75, 3.05) is 6.61 Å². The van der Waals surface area contributed by atoms with Crippen molar-refractivity contribution < 1.29 is 9.15 Å². The van der Waals surface area contributed by atoms with Crippen LogP contribution in [-0.2, 0) is 0 Å². The first kappa shape index (κ1) is 10.8. The highest BCUT2D eigenvalue weighted by molar-refractivity contribution is 5.39. The van der Waals surface area contributed by atoms with Gasteiger partial charge >= 0.3 is 0 Å². The standard InChI is InChI=1S/C13H15NO2/c1-2-15-11-7-4-3-6-10(11)13(14)12-8-5-9-16-12/h3-9,13H,2,14H2,1H3. The molecule has 3 heteroatoms. The van der Waals surface area contributed by atoms with E-state index in [4.69, 9.17) is 14.9 Å². The van der Waals surface area contributed by atoms with Crippen LogP contribution >= 0.6 is 0 Å². The van der Waals surface area contributed by atoms with Gasteiger partial charge in [0.1, 0.15) is 11.5 Å². The minimum Gasteiger partial charge on any atom is -0.494 e. The highest BCUT2D eigenvalue weighted by atomic mass is 16.5. The predicted molar refractivity (Wildman–Crippen MR) is 62.3 cm³/mol. The minimum atomic E-state index is -0.280. The van der Waals surface area contributed by atoms with E-state index in [1.165, 1.54) is 0 Å². The van der Waals surface area contributed by atoms with Gasteiger partial charge in [-0.2, -0.15) is 0 Å². The molecule has 0 bridgehead atoms. The first-order valence-electron chi connectivity index (χ1n) is 5.33. The Morgan fingerprint density at radius 2 is 2.06 bits per heavy atom. The average Bonchev–Trinajstić information content (AvgIpc) is 2.83. The largest absolute Gasteiger partial charge is 0.494 e. The summed E-state index contributed by atoms with van der Waals surface area (Å²) in [7, 11) is 0. The normalized spacial score (nSPS) is 12.4. The fraction of sp³-hybridized carbons (Fsp3) is 0.231. The Morgan fingerprint density at radius 3 is 2.75 bits per heavy atom. The van der Waals surface area contributed by atoms with Gasteiger partial charge in [0.2, 0.25) is 0 Å². The third-order valence-corrected chi connectivity index (χ3v) is 2.40. The number of furan rings is 1. The Bertz CT molecular complexity index is 437. The summed E-state index contributed by atoms with van der Waals surface area (Å²) in [5, 5.41) is 0. The van der Waals surface area contributed by atoms with Gasteiger partial charge in [0.05, 0.1) is 18.9 Å². The molecule has 16 heavy (non-hydrogen) atoms. The summed E-state index contributed by atoms with van der Waals surface area (Å²) in [6, 6.07) is 11.2. The lowest BCUT2D eigenvalue weighted by molar-refractivity contribution is 0.333. The van der Waals surface area contributed by atoms with E-state index in [0.29, 0.717) is 6.61 Å². The molecule has 1 heterocycles. The summed E-state index contributed by atoms with van der Waals surface area (Å²) in [6.07, 6.45) is 1.62. The van der Waals surface area contributed by atoms with E-state index in [1.54, 1.807) is 6.26 Å². The minimum absolute atomic E-state index is 0.280. The molecule has 0 aliphatic rings. The van der Waals surface area contributed by atoms with Crippen LogP contribution in [0.4, 0.5) is 0 Å². The summed E-state index contributed by atoms with van der Waals surface area (Å²) >= 11 is 0. The molecule has 0 amide bonds. The Balaban J connectivity index is 2.32. The van der Waals surface area contributed by atoms with Gasteiger partial charge < -0.3 is 14.9 Å². The van der Waals surface area contributed by atoms with Gasteiger partial charge in [-0.1, -0.05) is 18.2 Å². The van der Waals surface area contributed by atoms with Crippen molar-refractivity contribution in [3.63, 3.8) is 0 Å². The van der Waals surface area contributed by atoms with E-state index in [1.807, 2.05) is 43.3 Å². The molecule has 0 radical (unpaired) electrons. The Labute approximate surface area is 94.8 Å². The predicted octanol–water partition coefficient (Wildman–Crippen LogP) is 2.73. The molecule has 0 saturated carbocycles. The first-order chi connectivity index (χ1) is 7.83. The summed E-state index contributed by atoms with van der Waals surface area (Å²) in [6.45, 7) is 2.58. The molecule has 2 N–H and O–H groups in total. The number of rotatable bonds is 4. The monoisotopic (exact) mass is 217 g/mol. The maximum Gasteiger partial charge on any atom is 0.125 e. The number of benzene rings is 1. The highest BCUT2D eigenvalue weighted by Gasteiger charge is 2.15. The van der Waals surface area contributed by atoms with Crippen molar-refractivity contribution in [2.24, 2.45) is 5.73 Å². The van der Waals surface area contributed by atoms with E-state index in [2.05, 4.69) is 0 Å². The molecule has 0 saturated heterocycles. The SMILES string of the molecule is CCOc1ccccc1C(N)c1ccco1. The fourth-order valence-electron chi connectivity index (χ4n) is 1.65. The zero-order valence-corrected chi connectivity index (χ0v) is 9.22. The number of para-hydroxylation sites is 1. The van der Waals surface area contributed by atoms with Gasteiger partial charge in [-0.3, -0.25) is 0 Å². The van der Waals surface area contributed by atoms with Crippen LogP contribution in [-0.4, -0.2) is 6.61 Å². The van der Waals surface area contributed by atoms with E-state index in [0.717, 1.165) is 17.1 Å². The lowest BCUT2D eigenvalue weighted by Crippen LogP contribution is -2.12. The number of nitrogens with two attached hydrogens (primary N) is 1. The second-order valence-corrected chi connectivity index (χ2v) is 3.46. The van der Waals surface area contributed by atoms with Gasteiger partial charge in [0.15, 0.2) is 0 Å². The van der Waals surface area contributed by atoms with Crippen molar-refractivity contribution in [2.45, 2.75) is 13.0 Å². The van der Waals surface area contributed by atoms with Gasteiger partial charge in [-0.25, -0.2) is 0 Å². The molecule has 0 fully saturated rings. The molecular formula is C13H15NO2. The Kier molecular flexibility index (Phi) is 3.27. The van der Waals surface area contributed by atoms with Crippen LogP contribution in [0.25, 0.3) is 0 Å². The molecule has 1 aromatic heterocycles. The smallest absolute Gasteiger partial charge is 0.125 e. The van der Waals surface area contributed by atoms with Crippen molar-refractivity contribution in [3.8, 4) is 5.75 Å². The Morgan fingerprint density at radius 1 is 1.25 bits per heavy atom. The molecule has 84 valence electrons. The number of ether oxygens (including phenoxy) is 1. The second kappa shape index (κ2) is 4.86. The molecule has 1 aromatic carbocycles. The van der Waals surface area contributed by atoms with Crippen LogP contribution in [0.3, 0.4) is 0 Å². The summed E-state index contributed by atoms with van der Waals surface area (Å²) in [5.74, 6) is 1.56. The number of hydrogen-bond donors (Lipinski definition) is 1. The molecule has 1 atom stereocenters. The van der Waals surface area contributed by atoms with Gasteiger partial charge in [0, 0.05) is 5.56 Å². The third-order valence-electron chi connectivity index (χ3n) is 2.40. The van der Waals surface area contributed by atoms with Crippen LogP contribution in [0.2, 0.25) is 0 Å². The lowest BCUT2D eigenvalue weighted by Gasteiger charge is -2.14. The van der Waals surface area contributed by atoms with Crippen molar-refractivity contribution in [1.29, 1.82) is 0 Å². The zero-order valence-electron chi connectivity index (χ0n) is 9.22. The van der Waals surface area contributed by atoms with Crippen molar-refractivity contribution >= 4 is 0 Å². The topological polar surface area (TPSA) is 48.4 Å². The molecule has 1 unspecified atom stereocenters. The molecular weight excluding hydrogens is 202 g/mol. The van der Waals surface area contributed by atoms with Crippen LogP contribution in [0.1, 0.15) is 24.3 Å². The van der Waals surface area contributed by atoms with E-state index >= 15 is 0 Å². The van der Waals surface area contributed by atoms with E-state index < -0.39 is 0 Å². The van der Waals surface area contributed by atoms with Gasteiger partial charge in [-0.05, 0) is 25.1 Å². The van der Waals surface area contributed by atoms with Crippen LogP contribution < -0.4 is 10.5 Å². The third kappa shape index (κ3) is 2.09. The number of hydrogen-bond acceptors (Lipinski definition) is 3. The lowest BCUT2D eigenvalue weighted by atomic mass is 10.0. The molecule has 0 aliphatic carbocycles. The Hall–Kier alpha value is -1.74. The summed E-state index contributed by atoms with van der Waals surface area (Å²) in [5.41, 5.74) is 7.06. The van der Waals surface area contributed by atoms with Crippen LogP contribution in [0.5, 0.6) is 5.75 Å². The van der Waals surface area contributed by atoms with Crippen molar-refractivity contribution in [3.05, 3.63) is 54.0 Å². The quantitative estimate of drug-likeness (QED) is 0.856. The van der Waals surface area contributed by atoms with Crippen LogP contribution in [0.15, 0.2) is 47.1 Å². The first-order valence-corrected chi connectivity index (χ1v) is 5.33. The highest BCUT2D eigenvalue weighted by Crippen LogP contribution is 2.28. The summed E-state index contributed by atoms with van der Waals surface area (Å²) < 4.78 is 10.8. The maximum atomic E-state index is 6.12. The van der Waals surface area contributed by atoms with Gasteiger partial charge in [-0.15, -0.1) is 0 Å². The maximum absolute atomic E-state index is 6.12. The van der Waals surface area contributed by atoms with Crippen molar-refractivity contribution in [1.82, 2.24) is 0 Å². The van der Waals surface area contributed by atoms with E-state index in [9.17, 15) is 0 Å². The molecule has 3 nitrogen and oxygen atoms in total. The fourth-order valence-corrected chi connectivity index (χ4v) is 1.65. The summed E-state index contributed by atoms with van der Waals surface area (Å²) in [4.78, 5) is 0. The van der Waals surface area contributed by atoms with Crippen LogP contribution in [0, 0.1) is 0 Å². The van der Waals surface area contributed by atoms with E-state index in [-0.39, 0.29) is 6.04 Å². The van der Waals surface area contributed by atoms with Gasteiger partial charge in [0.25, 0.3) is 0 Å². The molecule has 0 spiro atoms. The molecule has 0 aliphatic heterocycles. The second-order valence-electron chi connectivity index (χ2n) is 3.46. The zero-order chi connectivity index (χ0) is 11.4. The molecule has 2 rings (SSSR count). The average molecular weight is 217 g/mol.